The number of hydrogen-bond donors (Lipinski definition) is 2. The maximum Gasteiger partial charge on any atom is 0.313 e. The Labute approximate surface area is 195 Å². The molecule has 8 nitrogen and oxygen atoms in total. The van der Waals surface area contributed by atoms with Crippen molar-refractivity contribution in [2.45, 2.75) is 97.7 Å². The molecule has 2 aliphatic carbocycles. The lowest BCUT2D eigenvalue weighted by Crippen LogP contribution is -2.53. The van der Waals surface area contributed by atoms with Gasteiger partial charge in [0.25, 0.3) is 11.8 Å². The van der Waals surface area contributed by atoms with E-state index in [1.807, 2.05) is 41.5 Å². The summed E-state index contributed by atoms with van der Waals surface area (Å²) >= 11 is 0. The molecule has 2 amide bonds. The van der Waals surface area contributed by atoms with Gasteiger partial charge in [-0.1, -0.05) is 27.7 Å². The number of carbonyl (C=O) groups is 4. The standard InChI is InChI=1S/C25H38N2O6/c1-20(2)22(5)10-12-24(20,32-18(22)30)16(28)26-14-8-7-9-15-27-17(29)25-13-11-23(6,19(31)33-25)21(25,3)4/h7-15H2,1-6H3,(H,26,28)(H,27,29)/t22-,23+,24?,25?. The summed E-state index contributed by atoms with van der Waals surface area (Å²) in [6.07, 6.45) is 4.78. The van der Waals surface area contributed by atoms with E-state index in [9.17, 15) is 19.2 Å². The Morgan fingerprint density at radius 1 is 0.667 bits per heavy atom. The molecule has 2 saturated heterocycles. The molecule has 4 atom stereocenters. The number of fused-ring (bicyclic) bond motifs is 4. The second kappa shape index (κ2) is 7.19. The second-order valence-electron chi connectivity index (χ2n) is 11.9. The van der Waals surface area contributed by atoms with E-state index in [0.29, 0.717) is 38.8 Å². The molecule has 2 aliphatic heterocycles. The number of nitrogens with one attached hydrogen (secondary N) is 2. The summed E-state index contributed by atoms with van der Waals surface area (Å²) in [7, 11) is 0. The van der Waals surface area contributed by atoms with Gasteiger partial charge in [-0.15, -0.1) is 0 Å². The smallest absolute Gasteiger partial charge is 0.313 e. The molecule has 4 aliphatic rings. The van der Waals surface area contributed by atoms with Gasteiger partial charge in [0.2, 0.25) is 0 Å². The molecule has 8 heteroatoms. The largest absolute Gasteiger partial charge is 0.448 e. The lowest BCUT2D eigenvalue weighted by Gasteiger charge is -2.35. The summed E-state index contributed by atoms with van der Waals surface area (Å²) in [6.45, 7) is 12.6. The SMILES string of the molecule is CC1(C)C2(C(=O)NCCCCCNC(=O)C34CC[C@](C)(C(=O)O3)C4(C)C)CC[C@@]1(C)C(=O)O2. The maximum atomic E-state index is 13.0. The van der Waals surface area contributed by atoms with Crippen molar-refractivity contribution in [1.29, 1.82) is 0 Å². The summed E-state index contributed by atoms with van der Waals surface area (Å²) in [6, 6.07) is 0. The maximum absolute atomic E-state index is 13.0. The molecule has 4 bridgehead atoms. The Balaban J connectivity index is 1.20. The normalized spacial score (nSPS) is 39.3. The summed E-state index contributed by atoms with van der Waals surface area (Å²) in [4.78, 5) is 50.6. The number of rotatable bonds is 8. The van der Waals surface area contributed by atoms with Gasteiger partial charge in [-0.05, 0) is 58.8 Å². The number of ether oxygens (including phenoxy) is 2. The fourth-order valence-electron chi connectivity index (χ4n) is 6.61. The zero-order valence-electron chi connectivity index (χ0n) is 20.8. The fraction of sp³-hybridized carbons (Fsp3) is 0.840. The first-order valence-corrected chi connectivity index (χ1v) is 12.3. The van der Waals surface area contributed by atoms with Crippen LogP contribution in [0.3, 0.4) is 0 Å². The van der Waals surface area contributed by atoms with Gasteiger partial charge in [0.15, 0.2) is 11.2 Å². The van der Waals surface area contributed by atoms with Gasteiger partial charge in [-0.3, -0.25) is 19.2 Å². The number of esters is 2. The van der Waals surface area contributed by atoms with E-state index in [4.69, 9.17) is 9.47 Å². The van der Waals surface area contributed by atoms with Gasteiger partial charge in [0.05, 0.1) is 10.8 Å². The Hall–Kier alpha value is -2.12. The van der Waals surface area contributed by atoms with Crippen LogP contribution < -0.4 is 10.6 Å². The minimum absolute atomic E-state index is 0.205. The number of amides is 2. The van der Waals surface area contributed by atoms with E-state index < -0.39 is 32.9 Å². The molecule has 2 heterocycles. The van der Waals surface area contributed by atoms with Crippen LogP contribution in [-0.2, 0) is 28.7 Å². The zero-order valence-corrected chi connectivity index (χ0v) is 20.8. The van der Waals surface area contributed by atoms with Crippen LogP contribution in [0, 0.1) is 21.7 Å². The van der Waals surface area contributed by atoms with Crippen LogP contribution in [0.4, 0.5) is 0 Å². The summed E-state index contributed by atoms with van der Waals surface area (Å²) in [5, 5.41) is 5.92. The van der Waals surface area contributed by atoms with Gasteiger partial charge in [-0.2, -0.15) is 0 Å². The number of carbonyl (C=O) groups excluding carboxylic acids is 4. The number of unbranched alkanes of at least 4 members (excludes halogenated alkanes) is 2. The highest BCUT2D eigenvalue weighted by molar-refractivity contribution is 5.97. The summed E-state index contributed by atoms with van der Waals surface area (Å²) < 4.78 is 11.2. The van der Waals surface area contributed by atoms with E-state index in [1.54, 1.807) is 0 Å². The Kier molecular flexibility index (Phi) is 5.23. The molecular formula is C25H38N2O6. The first-order valence-electron chi connectivity index (χ1n) is 12.3. The predicted octanol–water partition coefficient (Wildman–Crippen LogP) is 2.63. The topological polar surface area (TPSA) is 111 Å². The second-order valence-corrected chi connectivity index (χ2v) is 11.9. The third-order valence-electron chi connectivity index (χ3n) is 10.3. The van der Waals surface area contributed by atoms with Crippen molar-refractivity contribution >= 4 is 23.8 Å². The van der Waals surface area contributed by atoms with Gasteiger partial charge in [-0.25, -0.2) is 0 Å². The predicted molar refractivity (Wildman–Crippen MR) is 120 cm³/mol. The van der Waals surface area contributed by atoms with Gasteiger partial charge < -0.3 is 20.1 Å². The monoisotopic (exact) mass is 462 g/mol. The molecule has 0 radical (unpaired) electrons. The highest BCUT2D eigenvalue weighted by Crippen LogP contribution is 2.66. The average molecular weight is 463 g/mol. The van der Waals surface area contributed by atoms with Crippen molar-refractivity contribution in [3.63, 3.8) is 0 Å². The zero-order chi connectivity index (χ0) is 24.5. The van der Waals surface area contributed by atoms with Gasteiger partial charge >= 0.3 is 11.9 Å². The molecule has 0 spiro atoms. The molecule has 0 aromatic carbocycles. The van der Waals surface area contributed by atoms with Crippen molar-refractivity contribution in [3.8, 4) is 0 Å². The molecule has 2 unspecified atom stereocenters. The highest BCUT2D eigenvalue weighted by atomic mass is 16.6. The highest BCUT2D eigenvalue weighted by Gasteiger charge is 2.76. The fourth-order valence-corrected chi connectivity index (χ4v) is 6.61. The minimum Gasteiger partial charge on any atom is -0.448 e. The van der Waals surface area contributed by atoms with Crippen LogP contribution in [-0.4, -0.2) is 48.0 Å². The first-order chi connectivity index (χ1) is 15.2. The Bertz CT molecular complexity index is 841. The molecule has 2 N–H and O–H groups in total. The van der Waals surface area contributed by atoms with E-state index in [2.05, 4.69) is 10.6 Å². The van der Waals surface area contributed by atoms with Crippen molar-refractivity contribution in [3.05, 3.63) is 0 Å². The molecule has 33 heavy (non-hydrogen) atoms. The van der Waals surface area contributed by atoms with E-state index in [0.717, 1.165) is 19.3 Å². The third kappa shape index (κ3) is 2.75. The van der Waals surface area contributed by atoms with Crippen molar-refractivity contribution < 1.29 is 28.7 Å². The van der Waals surface area contributed by atoms with Crippen LogP contribution in [0.15, 0.2) is 0 Å². The summed E-state index contributed by atoms with van der Waals surface area (Å²) in [5.41, 5.74) is -4.46. The van der Waals surface area contributed by atoms with E-state index in [-0.39, 0.29) is 23.8 Å². The number of hydrogen-bond acceptors (Lipinski definition) is 6. The molecule has 0 aromatic heterocycles. The summed E-state index contributed by atoms with van der Waals surface area (Å²) in [5.74, 6) is -0.960. The molecule has 2 saturated carbocycles. The first kappa shape index (κ1) is 24.0. The molecule has 4 fully saturated rings. The van der Waals surface area contributed by atoms with Crippen LogP contribution in [0.2, 0.25) is 0 Å². The van der Waals surface area contributed by atoms with Gasteiger partial charge in [0, 0.05) is 23.9 Å². The Morgan fingerprint density at radius 2 is 1.03 bits per heavy atom. The third-order valence-corrected chi connectivity index (χ3v) is 10.3. The van der Waals surface area contributed by atoms with Crippen molar-refractivity contribution in [2.75, 3.05) is 13.1 Å². The quantitative estimate of drug-likeness (QED) is 0.424. The molecule has 0 aromatic rings. The van der Waals surface area contributed by atoms with E-state index >= 15 is 0 Å². The van der Waals surface area contributed by atoms with E-state index in [1.165, 1.54) is 0 Å². The molecule has 184 valence electrons. The van der Waals surface area contributed by atoms with Crippen molar-refractivity contribution in [1.82, 2.24) is 10.6 Å². The Morgan fingerprint density at radius 3 is 1.30 bits per heavy atom. The molecular weight excluding hydrogens is 424 g/mol. The van der Waals surface area contributed by atoms with Gasteiger partial charge in [0.1, 0.15) is 0 Å². The van der Waals surface area contributed by atoms with Crippen LogP contribution in [0.1, 0.15) is 86.5 Å². The van der Waals surface area contributed by atoms with Crippen molar-refractivity contribution in [2.24, 2.45) is 21.7 Å². The van der Waals surface area contributed by atoms with Crippen LogP contribution in [0.5, 0.6) is 0 Å². The average Bonchev–Trinajstić information content (AvgIpc) is 3.20. The lowest BCUT2D eigenvalue weighted by molar-refractivity contribution is -0.168. The van der Waals surface area contributed by atoms with Crippen LogP contribution in [0.25, 0.3) is 0 Å². The minimum atomic E-state index is -1.08. The molecule has 4 rings (SSSR count). The van der Waals surface area contributed by atoms with Crippen LogP contribution >= 0.6 is 0 Å². The lowest BCUT2D eigenvalue weighted by atomic mass is 9.66.